The van der Waals surface area contributed by atoms with Crippen molar-refractivity contribution in [1.29, 1.82) is 0 Å². The molecule has 2 fully saturated rings. The number of aliphatic carboxylic acids is 1. The molecule has 0 aromatic heterocycles. The first-order valence-corrected chi connectivity index (χ1v) is 8.03. The first-order valence-electron chi connectivity index (χ1n) is 8.03. The molecule has 3 unspecified atom stereocenters. The molecule has 1 heterocycles. The second-order valence-corrected chi connectivity index (χ2v) is 6.73. The lowest BCUT2D eigenvalue weighted by Crippen LogP contribution is -2.58. The molecule has 110 valence electrons. The minimum atomic E-state index is -0.620. The number of carboxylic acid groups (broad SMARTS) is 1. The molecule has 0 aromatic rings. The van der Waals surface area contributed by atoms with Crippen LogP contribution >= 0.6 is 0 Å². The summed E-state index contributed by atoms with van der Waals surface area (Å²) in [6.45, 7) is 6.80. The summed E-state index contributed by atoms with van der Waals surface area (Å²) in [6.07, 6.45) is 8.95. The summed E-state index contributed by atoms with van der Waals surface area (Å²) in [4.78, 5) is 14.0. The zero-order valence-corrected chi connectivity index (χ0v) is 12.5. The quantitative estimate of drug-likeness (QED) is 0.850. The number of carbonyl (C=O) groups is 1. The van der Waals surface area contributed by atoms with Gasteiger partial charge in [-0.15, -0.1) is 0 Å². The topological polar surface area (TPSA) is 40.5 Å². The van der Waals surface area contributed by atoms with Crippen LogP contribution in [0.4, 0.5) is 0 Å². The smallest absolute Gasteiger partial charge is 0.305 e. The number of hydrogen-bond donors (Lipinski definition) is 1. The van der Waals surface area contributed by atoms with Crippen LogP contribution in [0, 0.1) is 11.8 Å². The lowest BCUT2D eigenvalue weighted by Gasteiger charge is -2.52. The van der Waals surface area contributed by atoms with Gasteiger partial charge < -0.3 is 5.11 Å². The van der Waals surface area contributed by atoms with Gasteiger partial charge in [0.2, 0.25) is 0 Å². The van der Waals surface area contributed by atoms with Crippen molar-refractivity contribution in [3.05, 3.63) is 0 Å². The number of carboxylic acids is 1. The lowest BCUT2D eigenvalue weighted by atomic mass is 9.65. The van der Waals surface area contributed by atoms with Gasteiger partial charge in [-0.1, -0.05) is 39.5 Å². The van der Waals surface area contributed by atoms with Crippen molar-refractivity contribution < 1.29 is 9.90 Å². The Morgan fingerprint density at radius 1 is 1.16 bits per heavy atom. The Labute approximate surface area is 117 Å². The normalized spacial score (nSPS) is 37.8. The predicted molar refractivity (Wildman–Crippen MR) is 77.2 cm³/mol. The van der Waals surface area contributed by atoms with Crippen molar-refractivity contribution in [2.24, 2.45) is 11.8 Å². The number of likely N-dealkylation sites (tertiary alicyclic amines) is 1. The van der Waals surface area contributed by atoms with Gasteiger partial charge in [0.05, 0.1) is 6.42 Å². The van der Waals surface area contributed by atoms with Gasteiger partial charge in [0.25, 0.3) is 0 Å². The highest BCUT2D eigenvalue weighted by Gasteiger charge is 2.46. The molecule has 1 saturated heterocycles. The molecule has 0 aromatic carbocycles. The van der Waals surface area contributed by atoms with E-state index in [0.29, 0.717) is 18.3 Å². The Kier molecular flexibility index (Phi) is 4.88. The molecule has 2 aliphatic rings. The van der Waals surface area contributed by atoms with E-state index in [2.05, 4.69) is 18.7 Å². The fourth-order valence-electron chi connectivity index (χ4n) is 4.32. The Morgan fingerprint density at radius 3 is 2.37 bits per heavy atom. The van der Waals surface area contributed by atoms with Crippen LogP contribution in [0.15, 0.2) is 0 Å². The summed E-state index contributed by atoms with van der Waals surface area (Å²) >= 11 is 0. The monoisotopic (exact) mass is 267 g/mol. The van der Waals surface area contributed by atoms with Crippen molar-refractivity contribution in [3.8, 4) is 0 Å². The Morgan fingerprint density at radius 2 is 1.79 bits per heavy atom. The summed E-state index contributed by atoms with van der Waals surface area (Å²) in [5, 5.41) is 9.41. The fraction of sp³-hybridized carbons (Fsp3) is 0.938. The highest BCUT2D eigenvalue weighted by molar-refractivity contribution is 5.68. The third-order valence-electron chi connectivity index (χ3n) is 5.66. The van der Waals surface area contributed by atoms with E-state index < -0.39 is 5.97 Å². The molecule has 1 saturated carbocycles. The van der Waals surface area contributed by atoms with Crippen molar-refractivity contribution in [1.82, 2.24) is 4.90 Å². The van der Waals surface area contributed by atoms with E-state index in [1.165, 1.54) is 38.5 Å². The minimum Gasteiger partial charge on any atom is -0.481 e. The highest BCUT2D eigenvalue weighted by Crippen LogP contribution is 2.44. The molecule has 19 heavy (non-hydrogen) atoms. The van der Waals surface area contributed by atoms with Gasteiger partial charge in [0.15, 0.2) is 0 Å². The molecule has 3 atom stereocenters. The van der Waals surface area contributed by atoms with Crippen LogP contribution in [-0.4, -0.2) is 34.6 Å². The largest absolute Gasteiger partial charge is 0.481 e. The first kappa shape index (κ1) is 14.8. The molecule has 1 aliphatic carbocycles. The fourth-order valence-corrected chi connectivity index (χ4v) is 4.32. The molecular weight excluding hydrogens is 238 g/mol. The summed E-state index contributed by atoms with van der Waals surface area (Å²) in [7, 11) is 0. The Balaban J connectivity index is 2.23. The third kappa shape index (κ3) is 3.13. The minimum absolute atomic E-state index is 0.0756. The lowest BCUT2D eigenvalue weighted by molar-refractivity contribution is -0.143. The molecular formula is C16H29NO2. The molecule has 0 radical (unpaired) electrons. The average molecular weight is 267 g/mol. The zero-order valence-electron chi connectivity index (χ0n) is 12.5. The molecule has 1 aliphatic heterocycles. The van der Waals surface area contributed by atoms with Crippen LogP contribution in [0.3, 0.4) is 0 Å². The van der Waals surface area contributed by atoms with Crippen LogP contribution in [0.25, 0.3) is 0 Å². The summed E-state index contributed by atoms with van der Waals surface area (Å²) in [5.41, 5.74) is -0.0756. The summed E-state index contributed by atoms with van der Waals surface area (Å²) in [6, 6.07) is 0. The van der Waals surface area contributed by atoms with Gasteiger partial charge >= 0.3 is 5.97 Å². The van der Waals surface area contributed by atoms with Gasteiger partial charge in [-0.2, -0.15) is 0 Å². The van der Waals surface area contributed by atoms with Gasteiger partial charge in [-0.25, -0.2) is 0 Å². The predicted octanol–water partition coefficient (Wildman–Crippen LogP) is 3.53. The zero-order chi connectivity index (χ0) is 13.9. The molecule has 3 heteroatoms. The van der Waals surface area contributed by atoms with Gasteiger partial charge in [0, 0.05) is 5.54 Å². The van der Waals surface area contributed by atoms with Crippen LogP contribution in [0.1, 0.15) is 65.2 Å². The molecule has 0 bridgehead atoms. The van der Waals surface area contributed by atoms with Crippen LogP contribution < -0.4 is 0 Å². The van der Waals surface area contributed by atoms with Crippen molar-refractivity contribution in [2.75, 3.05) is 13.1 Å². The molecule has 2 rings (SSSR count). The highest BCUT2D eigenvalue weighted by atomic mass is 16.4. The molecule has 0 spiro atoms. The summed E-state index contributed by atoms with van der Waals surface area (Å²) in [5.74, 6) is 0.525. The maximum Gasteiger partial charge on any atom is 0.305 e. The Bertz CT molecular complexity index is 310. The third-order valence-corrected chi connectivity index (χ3v) is 5.66. The second kappa shape index (κ2) is 6.25. The van der Waals surface area contributed by atoms with E-state index >= 15 is 0 Å². The van der Waals surface area contributed by atoms with Crippen LogP contribution in [0.5, 0.6) is 0 Å². The van der Waals surface area contributed by atoms with E-state index in [1.807, 2.05) is 0 Å². The Hall–Kier alpha value is -0.570. The molecule has 3 nitrogen and oxygen atoms in total. The van der Waals surface area contributed by atoms with E-state index in [1.54, 1.807) is 0 Å². The second-order valence-electron chi connectivity index (χ2n) is 6.73. The maximum absolute atomic E-state index is 11.4. The summed E-state index contributed by atoms with van der Waals surface area (Å²) < 4.78 is 0. The van der Waals surface area contributed by atoms with E-state index in [4.69, 9.17) is 0 Å². The number of nitrogens with zero attached hydrogens (tertiary/aromatic N) is 1. The van der Waals surface area contributed by atoms with Crippen LogP contribution in [-0.2, 0) is 4.79 Å². The van der Waals surface area contributed by atoms with Gasteiger partial charge in [0.1, 0.15) is 0 Å². The standard InChI is InChI=1S/C16H29NO2/c1-13-8-7-9-16(14(13)2,12-15(18)19)17-10-5-3-4-6-11-17/h13-14H,3-12H2,1-2H3,(H,18,19). The van der Waals surface area contributed by atoms with E-state index in [-0.39, 0.29) is 5.54 Å². The first-order chi connectivity index (χ1) is 9.06. The maximum atomic E-state index is 11.4. The van der Waals surface area contributed by atoms with Crippen molar-refractivity contribution in [2.45, 2.75) is 70.8 Å². The van der Waals surface area contributed by atoms with Gasteiger partial charge in [-0.3, -0.25) is 9.69 Å². The van der Waals surface area contributed by atoms with Crippen molar-refractivity contribution >= 4 is 5.97 Å². The van der Waals surface area contributed by atoms with Crippen LogP contribution in [0.2, 0.25) is 0 Å². The number of hydrogen-bond acceptors (Lipinski definition) is 2. The SMILES string of the molecule is CC1CCCC(CC(=O)O)(N2CCCCCC2)C1C. The number of rotatable bonds is 3. The molecule has 0 amide bonds. The van der Waals surface area contributed by atoms with E-state index in [0.717, 1.165) is 19.5 Å². The average Bonchev–Trinajstić information content (AvgIpc) is 2.63. The molecule has 1 N–H and O–H groups in total. The van der Waals surface area contributed by atoms with Crippen molar-refractivity contribution in [3.63, 3.8) is 0 Å². The van der Waals surface area contributed by atoms with E-state index in [9.17, 15) is 9.90 Å². The van der Waals surface area contributed by atoms with Gasteiger partial charge in [-0.05, 0) is 44.2 Å².